The third-order valence-electron chi connectivity index (χ3n) is 2.61. The number of carbonyl (C=O) groups excluding carboxylic acids is 1. The minimum atomic E-state index is -3.92. The summed E-state index contributed by atoms with van der Waals surface area (Å²) in [6.07, 6.45) is 0. The summed E-state index contributed by atoms with van der Waals surface area (Å²) in [7, 11) is -3.92. The normalized spacial score (nSPS) is 11.2. The Morgan fingerprint density at radius 2 is 1.86 bits per heavy atom. The summed E-state index contributed by atoms with van der Waals surface area (Å²) in [5.74, 6) is -0.460. The van der Waals surface area contributed by atoms with Gasteiger partial charge in [0.05, 0.1) is 11.3 Å². The van der Waals surface area contributed by atoms with Crippen LogP contribution in [0, 0.1) is 3.57 Å². The largest absolute Gasteiger partial charge is 0.321 e. The molecule has 0 radical (unpaired) electrons. The summed E-state index contributed by atoms with van der Waals surface area (Å²) in [6.45, 7) is 0. The van der Waals surface area contributed by atoms with E-state index in [1.54, 1.807) is 18.2 Å². The average molecular weight is 437 g/mol. The Bertz CT molecular complexity index is 809. The van der Waals surface area contributed by atoms with Crippen LogP contribution in [0.2, 0.25) is 5.02 Å². The quantitative estimate of drug-likeness (QED) is 0.725. The Balaban J connectivity index is 2.39. The molecule has 8 heteroatoms. The van der Waals surface area contributed by atoms with E-state index in [1.165, 1.54) is 24.3 Å². The zero-order chi connectivity index (χ0) is 15.6. The molecule has 0 aromatic heterocycles. The molecule has 2 aromatic rings. The minimum absolute atomic E-state index is 0.126. The van der Waals surface area contributed by atoms with E-state index in [2.05, 4.69) is 5.32 Å². The molecule has 0 saturated carbocycles. The van der Waals surface area contributed by atoms with Crippen molar-refractivity contribution >= 4 is 55.8 Å². The second-order valence-corrected chi connectivity index (χ2v) is 7.25. The number of amides is 1. The molecule has 110 valence electrons. The number of rotatable bonds is 3. The fourth-order valence-corrected chi connectivity index (χ4v) is 3.13. The van der Waals surface area contributed by atoms with Crippen molar-refractivity contribution in [3.8, 4) is 0 Å². The van der Waals surface area contributed by atoms with E-state index in [1.807, 2.05) is 22.6 Å². The zero-order valence-corrected chi connectivity index (χ0v) is 14.2. The first-order chi connectivity index (χ1) is 9.79. The average Bonchev–Trinajstić information content (AvgIpc) is 2.41. The van der Waals surface area contributed by atoms with Crippen LogP contribution in [-0.4, -0.2) is 14.3 Å². The molecule has 2 rings (SSSR count). The van der Waals surface area contributed by atoms with E-state index in [4.69, 9.17) is 16.7 Å². The molecule has 3 N–H and O–H groups in total. The predicted octanol–water partition coefficient (Wildman–Crippen LogP) is 2.84. The number of para-hydroxylation sites is 1. The number of anilines is 1. The molecule has 21 heavy (non-hydrogen) atoms. The summed E-state index contributed by atoms with van der Waals surface area (Å²) in [5.41, 5.74) is 0.480. The number of nitrogens with two attached hydrogens (primary N) is 1. The highest BCUT2D eigenvalue weighted by Crippen LogP contribution is 2.23. The summed E-state index contributed by atoms with van der Waals surface area (Å²) < 4.78 is 23.7. The van der Waals surface area contributed by atoms with Gasteiger partial charge >= 0.3 is 0 Å². The first-order valence-corrected chi connectivity index (χ1v) is 8.67. The standard InChI is InChI=1S/C13H10ClIN2O3S/c14-8-5-6-10(15)9(7-8)13(18)17-11-3-1-2-4-12(11)21(16,19)20/h1-7H,(H,17,18)(H2,16,19,20). The van der Waals surface area contributed by atoms with Crippen molar-refractivity contribution in [1.29, 1.82) is 0 Å². The Morgan fingerprint density at radius 3 is 2.52 bits per heavy atom. The maximum Gasteiger partial charge on any atom is 0.256 e. The third-order valence-corrected chi connectivity index (χ3v) is 4.76. The fraction of sp³-hybridized carbons (Fsp3) is 0. The molecule has 1 amide bonds. The second-order valence-electron chi connectivity index (χ2n) is 4.12. The highest BCUT2D eigenvalue weighted by atomic mass is 127. The van der Waals surface area contributed by atoms with E-state index in [0.717, 1.165) is 0 Å². The highest BCUT2D eigenvalue weighted by molar-refractivity contribution is 14.1. The molecule has 0 atom stereocenters. The van der Waals surface area contributed by atoms with Crippen LogP contribution in [0.25, 0.3) is 0 Å². The predicted molar refractivity (Wildman–Crippen MR) is 89.9 cm³/mol. The van der Waals surface area contributed by atoms with E-state index in [0.29, 0.717) is 14.2 Å². The van der Waals surface area contributed by atoms with Crippen molar-refractivity contribution in [2.24, 2.45) is 5.14 Å². The number of halogens is 2. The molecule has 0 unspecified atom stereocenters. The molecular formula is C13H10ClIN2O3S. The van der Waals surface area contributed by atoms with Crippen molar-refractivity contribution in [3.05, 3.63) is 56.6 Å². The van der Waals surface area contributed by atoms with Gasteiger partial charge in [-0.2, -0.15) is 0 Å². The Morgan fingerprint density at radius 1 is 1.19 bits per heavy atom. The van der Waals surface area contributed by atoms with Gasteiger partial charge in [-0.05, 0) is 52.9 Å². The first kappa shape index (κ1) is 16.2. The number of carbonyl (C=O) groups is 1. The maximum atomic E-state index is 12.3. The van der Waals surface area contributed by atoms with Crippen LogP contribution in [0.1, 0.15) is 10.4 Å². The number of sulfonamides is 1. The lowest BCUT2D eigenvalue weighted by Gasteiger charge is -2.10. The number of benzene rings is 2. The van der Waals surface area contributed by atoms with Crippen LogP contribution in [0.4, 0.5) is 5.69 Å². The van der Waals surface area contributed by atoms with Crippen LogP contribution in [0.15, 0.2) is 47.4 Å². The number of hydrogen-bond donors (Lipinski definition) is 2. The van der Waals surface area contributed by atoms with Gasteiger partial charge in [0.2, 0.25) is 10.0 Å². The minimum Gasteiger partial charge on any atom is -0.321 e. The van der Waals surface area contributed by atoms with E-state index in [-0.39, 0.29) is 10.6 Å². The van der Waals surface area contributed by atoms with Crippen LogP contribution in [0.3, 0.4) is 0 Å². The van der Waals surface area contributed by atoms with Gasteiger partial charge in [0.15, 0.2) is 0 Å². The zero-order valence-electron chi connectivity index (χ0n) is 10.5. The van der Waals surface area contributed by atoms with Crippen molar-refractivity contribution in [1.82, 2.24) is 0 Å². The molecule has 0 spiro atoms. The smallest absolute Gasteiger partial charge is 0.256 e. The van der Waals surface area contributed by atoms with Crippen LogP contribution in [-0.2, 0) is 10.0 Å². The lowest BCUT2D eigenvalue weighted by molar-refractivity contribution is 0.102. The molecule has 0 fully saturated rings. The molecule has 0 aliphatic carbocycles. The van der Waals surface area contributed by atoms with Gasteiger partial charge in [-0.1, -0.05) is 23.7 Å². The Labute approximate surface area is 140 Å². The van der Waals surface area contributed by atoms with Crippen molar-refractivity contribution in [3.63, 3.8) is 0 Å². The summed E-state index contributed by atoms with van der Waals surface area (Å²) in [4.78, 5) is 12.1. The van der Waals surface area contributed by atoms with Crippen molar-refractivity contribution in [2.75, 3.05) is 5.32 Å². The fourth-order valence-electron chi connectivity index (χ4n) is 1.68. The van der Waals surface area contributed by atoms with Crippen LogP contribution in [0.5, 0.6) is 0 Å². The van der Waals surface area contributed by atoms with Gasteiger partial charge in [0.1, 0.15) is 4.90 Å². The lowest BCUT2D eigenvalue weighted by atomic mass is 10.2. The molecule has 0 aliphatic heterocycles. The highest BCUT2D eigenvalue weighted by Gasteiger charge is 2.17. The monoisotopic (exact) mass is 436 g/mol. The summed E-state index contributed by atoms with van der Waals surface area (Å²) >= 11 is 7.87. The first-order valence-electron chi connectivity index (χ1n) is 5.67. The van der Waals surface area contributed by atoms with Crippen molar-refractivity contribution < 1.29 is 13.2 Å². The maximum absolute atomic E-state index is 12.3. The molecule has 0 saturated heterocycles. The van der Waals surface area contributed by atoms with Gasteiger partial charge < -0.3 is 5.32 Å². The third kappa shape index (κ3) is 3.94. The van der Waals surface area contributed by atoms with E-state index in [9.17, 15) is 13.2 Å². The summed E-state index contributed by atoms with van der Waals surface area (Å²) in [6, 6.07) is 10.8. The van der Waals surface area contributed by atoms with Crippen LogP contribution < -0.4 is 10.5 Å². The molecule has 0 aliphatic rings. The molecule has 0 heterocycles. The number of primary sulfonamides is 1. The van der Waals surface area contributed by atoms with Gasteiger partial charge in [0.25, 0.3) is 5.91 Å². The lowest BCUT2D eigenvalue weighted by Crippen LogP contribution is -2.19. The number of hydrogen-bond acceptors (Lipinski definition) is 3. The second kappa shape index (κ2) is 6.30. The Kier molecular flexibility index (Phi) is 4.87. The van der Waals surface area contributed by atoms with Gasteiger partial charge in [-0.15, -0.1) is 0 Å². The van der Waals surface area contributed by atoms with E-state index >= 15 is 0 Å². The molecule has 0 bridgehead atoms. The molecule has 2 aromatic carbocycles. The van der Waals surface area contributed by atoms with Gasteiger partial charge in [-0.3, -0.25) is 4.79 Å². The van der Waals surface area contributed by atoms with Gasteiger partial charge in [-0.25, -0.2) is 13.6 Å². The number of nitrogens with one attached hydrogen (secondary N) is 1. The van der Waals surface area contributed by atoms with E-state index < -0.39 is 15.9 Å². The topological polar surface area (TPSA) is 89.3 Å². The molecule has 5 nitrogen and oxygen atoms in total. The Hall–Kier alpha value is -1.16. The van der Waals surface area contributed by atoms with Gasteiger partial charge in [0, 0.05) is 8.59 Å². The molecular weight excluding hydrogens is 427 g/mol. The van der Waals surface area contributed by atoms with Crippen LogP contribution >= 0.6 is 34.2 Å². The summed E-state index contributed by atoms with van der Waals surface area (Å²) in [5, 5.41) is 8.08. The van der Waals surface area contributed by atoms with Crippen molar-refractivity contribution in [2.45, 2.75) is 4.90 Å². The SMILES string of the molecule is NS(=O)(=O)c1ccccc1NC(=O)c1cc(Cl)ccc1I.